The van der Waals surface area contributed by atoms with Gasteiger partial charge in [0.15, 0.2) is 0 Å². The van der Waals surface area contributed by atoms with Crippen LogP contribution in [0.2, 0.25) is 0 Å². The van der Waals surface area contributed by atoms with E-state index in [1.807, 2.05) is 0 Å². The van der Waals surface area contributed by atoms with E-state index < -0.39 is 0 Å². The zero-order valence-electron chi connectivity index (χ0n) is 12.2. The van der Waals surface area contributed by atoms with Crippen LogP contribution in [0.25, 0.3) is 0 Å². The van der Waals surface area contributed by atoms with Crippen LogP contribution in [0.4, 0.5) is 0 Å². The fraction of sp³-hybridized carbons (Fsp3) is 1.00. The standard InChI is InChI=1S/C14H31N3/c1-5-12(6-2)14(10-15)17-9-7-8-13(17)11-16(3)4/h12-14H,5-11,15H2,1-4H3. The molecular weight excluding hydrogens is 210 g/mol. The highest BCUT2D eigenvalue weighted by Gasteiger charge is 2.33. The number of likely N-dealkylation sites (N-methyl/N-ethyl adjacent to an activating group) is 1. The summed E-state index contributed by atoms with van der Waals surface area (Å²) in [6.45, 7) is 7.84. The van der Waals surface area contributed by atoms with E-state index in [4.69, 9.17) is 5.73 Å². The first kappa shape index (κ1) is 14.9. The summed E-state index contributed by atoms with van der Waals surface area (Å²) < 4.78 is 0. The van der Waals surface area contributed by atoms with E-state index in [-0.39, 0.29) is 0 Å². The van der Waals surface area contributed by atoms with E-state index in [1.165, 1.54) is 38.8 Å². The maximum Gasteiger partial charge on any atom is 0.0249 e. The molecule has 1 heterocycles. The van der Waals surface area contributed by atoms with Crippen LogP contribution >= 0.6 is 0 Å². The summed E-state index contributed by atoms with van der Waals surface area (Å²) in [6, 6.07) is 1.32. The second kappa shape index (κ2) is 7.34. The summed E-state index contributed by atoms with van der Waals surface area (Å²) in [5, 5.41) is 0. The molecule has 1 rings (SSSR count). The third kappa shape index (κ3) is 3.94. The maximum absolute atomic E-state index is 6.04. The average Bonchev–Trinajstić information content (AvgIpc) is 2.72. The van der Waals surface area contributed by atoms with Crippen LogP contribution in [0.3, 0.4) is 0 Å². The van der Waals surface area contributed by atoms with Crippen molar-refractivity contribution in [2.24, 2.45) is 11.7 Å². The second-order valence-corrected chi connectivity index (χ2v) is 5.68. The van der Waals surface area contributed by atoms with E-state index in [0.717, 1.165) is 18.5 Å². The molecule has 3 nitrogen and oxygen atoms in total. The first-order chi connectivity index (χ1) is 8.13. The van der Waals surface area contributed by atoms with Crippen LogP contribution in [0.1, 0.15) is 39.5 Å². The van der Waals surface area contributed by atoms with E-state index in [1.54, 1.807) is 0 Å². The van der Waals surface area contributed by atoms with Gasteiger partial charge in [0, 0.05) is 25.2 Å². The Morgan fingerprint density at radius 3 is 2.41 bits per heavy atom. The summed E-state index contributed by atoms with van der Waals surface area (Å²) in [6.07, 6.45) is 5.19. The quantitative estimate of drug-likeness (QED) is 0.737. The molecule has 2 N–H and O–H groups in total. The minimum atomic E-state index is 0.595. The molecule has 1 aliphatic heterocycles. The summed E-state index contributed by atoms with van der Waals surface area (Å²) in [5.74, 6) is 0.766. The van der Waals surface area contributed by atoms with Gasteiger partial charge >= 0.3 is 0 Å². The molecule has 0 aromatic rings. The predicted molar refractivity (Wildman–Crippen MR) is 75.2 cm³/mol. The van der Waals surface area contributed by atoms with Crippen LogP contribution in [-0.2, 0) is 0 Å². The van der Waals surface area contributed by atoms with Crippen molar-refractivity contribution in [3.8, 4) is 0 Å². The molecule has 17 heavy (non-hydrogen) atoms. The topological polar surface area (TPSA) is 32.5 Å². The second-order valence-electron chi connectivity index (χ2n) is 5.68. The Kier molecular flexibility index (Phi) is 6.45. The Labute approximate surface area is 107 Å². The Hall–Kier alpha value is -0.120. The minimum Gasteiger partial charge on any atom is -0.329 e. The van der Waals surface area contributed by atoms with Gasteiger partial charge < -0.3 is 10.6 Å². The van der Waals surface area contributed by atoms with Gasteiger partial charge in [-0.05, 0) is 39.4 Å². The van der Waals surface area contributed by atoms with Crippen LogP contribution in [0, 0.1) is 5.92 Å². The number of rotatable bonds is 7. The molecule has 0 aromatic carbocycles. The lowest BCUT2D eigenvalue weighted by Gasteiger charge is -2.38. The van der Waals surface area contributed by atoms with E-state index in [2.05, 4.69) is 37.7 Å². The third-order valence-electron chi connectivity index (χ3n) is 4.26. The Balaban J connectivity index is 2.65. The van der Waals surface area contributed by atoms with Gasteiger partial charge in [0.05, 0.1) is 0 Å². The van der Waals surface area contributed by atoms with Gasteiger partial charge in [-0.3, -0.25) is 4.90 Å². The summed E-state index contributed by atoms with van der Waals surface area (Å²) in [7, 11) is 4.34. The summed E-state index contributed by atoms with van der Waals surface area (Å²) in [5.41, 5.74) is 6.04. The maximum atomic E-state index is 6.04. The van der Waals surface area contributed by atoms with Crippen LogP contribution in [-0.4, -0.2) is 55.6 Å². The van der Waals surface area contributed by atoms with Gasteiger partial charge in [0.2, 0.25) is 0 Å². The third-order valence-corrected chi connectivity index (χ3v) is 4.26. The van der Waals surface area contributed by atoms with Gasteiger partial charge in [-0.15, -0.1) is 0 Å². The molecule has 0 spiro atoms. The van der Waals surface area contributed by atoms with Crippen molar-refractivity contribution in [3.63, 3.8) is 0 Å². The van der Waals surface area contributed by atoms with Crippen LogP contribution in [0.15, 0.2) is 0 Å². The van der Waals surface area contributed by atoms with Crippen molar-refractivity contribution in [2.45, 2.75) is 51.6 Å². The van der Waals surface area contributed by atoms with Crippen LogP contribution < -0.4 is 5.73 Å². The lowest BCUT2D eigenvalue weighted by atomic mass is 9.92. The van der Waals surface area contributed by atoms with Crippen molar-refractivity contribution in [2.75, 3.05) is 33.7 Å². The zero-order chi connectivity index (χ0) is 12.8. The highest BCUT2D eigenvalue weighted by atomic mass is 15.2. The van der Waals surface area contributed by atoms with Crippen molar-refractivity contribution < 1.29 is 0 Å². The van der Waals surface area contributed by atoms with Gasteiger partial charge in [0.1, 0.15) is 0 Å². The van der Waals surface area contributed by atoms with Crippen molar-refractivity contribution >= 4 is 0 Å². The fourth-order valence-electron chi connectivity index (χ4n) is 3.34. The molecule has 0 aromatic heterocycles. The van der Waals surface area contributed by atoms with Crippen molar-refractivity contribution in [1.82, 2.24) is 9.80 Å². The molecule has 2 unspecified atom stereocenters. The van der Waals surface area contributed by atoms with Gasteiger partial charge in [-0.1, -0.05) is 26.7 Å². The molecule has 2 atom stereocenters. The van der Waals surface area contributed by atoms with E-state index in [9.17, 15) is 0 Å². The van der Waals surface area contributed by atoms with E-state index in [0.29, 0.717) is 6.04 Å². The lowest BCUT2D eigenvalue weighted by molar-refractivity contribution is 0.110. The Morgan fingerprint density at radius 1 is 1.29 bits per heavy atom. The van der Waals surface area contributed by atoms with Crippen molar-refractivity contribution in [1.29, 1.82) is 0 Å². The molecule has 0 saturated carbocycles. The van der Waals surface area contributed by atoms with Gasteiger partial charge in [-0.25, -0.2) is 0 Å². The fourth-order valence-corrected chi connectivity index (χ4v) is 3.34. The number of likely N-dealkylation sites (tertiary alicyclic amines) is 1. The highest BCUT2D eigenvalue weighted by Crippen LogP contribution is 2.26. The van der Waals surface area contributed by atoms with E-state index >= 15 is 0 Å². The molecular formula is C14H31N3. The molecule has 1 saturated heterocycles. The lowest BCUT2D eigenvalue weighted by Crippen LogP contribution is -2.50. The van der Waals surface area contributed by atoms with Crippen LogP contribution in [0.5, 0.6) is 0 Å². The predicted octanol–water partition coefficient (Wildman–Crippen LogP) is 1.78. The first-order valence-electron chi connectivity index (χ1n) is 7.24. The summed E-state index contributed by atoms with van der Waals surface area (Å²) >= 11 is 0. The molecule has 0 radical (unpaired) electrons. The molecule has 0 aliphatic carbocycles. The summed E-state index contributed by atoms with van der Waals surface area (Å²) in [4.78, 5) is 5.00. The number of hydrogen-bond acceptors (Lipinski definition) is 3. The Bertz CT molecular complexity index is 202. The minimum absolute atomic E-state index is 0.595. The molecule has 0 amide bonds. The molecule has 1 aliphatic rings. The smallest absolute Gasteiger partial charge is 0.0249 e. The largest absolute Gasteiger partial charge is 0.329 e. The molecule has 3 heteroatoms. The van der Waals surface area contributed by atoms with Crippen molar-refractivity contribution in [3.05, 3.63) is 0 Å². The van der Waals surface area contributed by atoms with Gasteiger partial charge in [0.25, 0.3) is 0 Å². The zero-order valence-corrected chi connectivity index (χ0v) is 12.2. The highest BCUT2D eigenvalue weighted by molar-refractivity contribution is 4.89. The van der Waals surface area contributed by atoms with Gasteiger partial charge in [-0.2, -0.15) is 0 Å². The normalized spacial score (nSPS) is 23.8. The molecule has 102 valence electrons. The number of nitrogens with zero attached hydrogens (tertiary/aromatic N) is 2. The number of hydrogen-bond donors (Lipinski definition) is 1. The SMILES string of the molecule is CCC(CC)C(CN)N1CCCC1CN(C)C. The Morgan fingerprint density at radius 2 is 1.94 bits per heavy atom. The monoisotopic (exact) mass is 241 g/mol. The average molecular weight is 241 g/mol. The first-order valence-corrected chi connectivity index (χ1v) is 7.24. The number of nitrogens with two attached hydrogens (primary N) is 1. The molecule has 1 fully saturated rings. The molecule has 0 bridgehead atoms.